The van der Waals surface area contributed by atoms with Crippen LogP contribution in [0.1, 0.15) is 18.4 Å². The van der Waals surface area contributed by atoms with Crippen molar-refractivity contribution in [3.8, 4) is 0 Å². The molecule has 0 aromatic carbocycles. The van der Waals surface area contributed by atoms with Crippen LogP contribution in [0.3, 0.4) is 0 Å². The lowest BCUT2D eigenvalue weighted by Crippen LogP contribution is -2.02. The molecule has 1 N–H and O–H groups in total. The average molecular weight is 175 g/mol. The van der Waals surface area contributed by atoms with Gasteiger partial charge in [-0.25, -0.2) is 4.98 Å². The normalized spacial score (nSPS) is 19.2. The summed E-state index contributed by atoms with van der Waals surface area (Å²) >= 11 is 0. The largest absolute Gasteiger partial charge is 0.446 e. The van der Waals surface area contributed by atoms with E-state index in [1.807, 2.05) is 12.1 Å². The minimum absolute atomic E-state index is 0.609. The maximum atomic E-state index is 9.90. The highest BCUT2D eigenvalue weighted by Gasteiger charge is 2.44. The van der Waals surface area contributed by atoms with E-state index in [-0.39, 0.29) is 0 Å². The zero-order valence-corrected chi connectivity index (χ0v) is 7.03. The summed E-state index contributed by atoms with van der Waals surface area (Å²) < 4.78 is 5.24. The van der Waals surface area contributed by atoms with Crippen LogP contribution in [0, 0.1) is 0 Å². The highest BCUT2D eigenvalue weighted by Crippen LogP contribution is 2.47. The summed E-state index contributed by atoms with van der Waals surface area (Å²) in [5.74, 6) is 0. The zero-order valence-electron chi connectivity index (χ0n) is 7.03. The van der Waals surface area contributed by atoms with E-state index in [0.717, 1.165) is 23.8 Å². The van der Waals surface area contributed by atoms with E-state index >= 15 is 0 Å². The molecule has 66 valence electrons. The molecule has 0 bridgehead atoms. The van der Waals surface area contributed by atoms with Crippen LogP contribution in [-0.2, 0) is 5.60 Å². The fourth-order valence-electron chi connectivity index (χ4n) is 1.62. The first-order chi connectivity index (χ1) is 6.30. The maximum absolute atomic E-state index is 9.90. The van der Waals surface area contributed by atoms with Gasteiger partial charge >= 0.3 is 0 Å². The maximum Gasteiger partial charge on any atom is 0.226 e. The Morgan fingerprint density at radius 2 is 2.31 bits per heavy atom. The molecule has 0 atom stereocenters. The summed E-state index contributed by atoms with van der Waals surface area (Å²) in [7, 11) is 0. The second-order valence-electron chi connectivity index (χ2n) is 3.54. The SMILES string of the molecule is OC1(c2coc3ncccc23)CC1. The van der Waals surface area contributed by atoms with Gasteiger partial charge in [0.15, 0.2) is 0 Å². The Hall–Kier alpha value is -1.35. The third-order valence-corrected chi connectivity index (χ3v) is 2.57. The molecule has 13 heavy (non-hydrogen) atoms. The Balaban J connectivity index is 2.30. The van der Waals surface area contributed by atoms with E-state index in [0.29, 0.717) is 5.71 Å². The predicted molar refractivity (Wildman–Crippen MR) is 47.1 cm³/mol. The first-order valence-electron chi connectivity index (χ1n) is 4.35. The molecule has 0 unspecified atom stereocenters. The summed E-state index contributed by atoms with van der Waals surface area (Å²) in [5, 5.41) is 10.8. The Morgan fingerprint density at radius 1 is 1.46 bits per heavy atom. The van der Waals surface area contributed by atoms with Crippen molar-refractivity contribution >= 4 is 11.1 Å². The smallest absolute Gasteiger partial charge is 0.226 e. The number of rotatable bonds is 1. The molecule has 2 aromatic heterocycles. The summed E-state index contributed by atoms with van der Waals surface area (Å²) in [6.45, 7) is 0. The highest BCUT2D eigenvalue weighted by atomic mass is 16.3. The molecule has 1 fully saturated rings. The quantitative estimate of drug-likeness (QED) is 0.718. The minimum atomic E-state index is -0.631. The monoisotopic (exact) mass is 175 g/mol. The van der Waals surface area contributed by atoms with Gasteiger partial charge in [-0.1, -0.05) is 0 Å². The third-order valence-electron chi connectivity index (χ3n) is 2.57. The van der Waals surface area contributed by atoms with Crippen LogP contribution in [0.15, 0.2) is 29.0 Å². The molecule has 0 aliphatic heterocycles. The number of aromatic nitrogens is 1. The molecule has 0 saturated heterocycles. The number of furan rings is 1. The predicted octanol–water partition coefficient (Wildman–Crippen LogP) is 1.81. The van der Waals surface area contributed by atoms with Gasteiger partial charge in [-0.2, -0.15) is 0 Å². The fraction of sp³-hybridized carbons (Fsp3) is 0.300. The lowest BCUT2D eigenvalue weighted by atomic mass is 10.1. The van der Waals surface area contributed by atoms with Crippen molar-refractivity contribution in [1.29, 1.82) is 0 Å². The highest BCUT2D eigenvalue weighted by molar-refractivity contribution is 5.78. The topological polar surface area (TPSA) is 46.3 Å². The van der Waals surface area contributed by atoms with Crippen molar-refractivity contribution in [2.45, 2.75) is 18.4 Å². The molecule has 0 spiro atoms. The lowest BCUT2D eigenvalue weighted by Gasteiger charge is -2.02. The van der Waals surface area contributed by atoms with Crippen molar-refractivity contribution in [1.82, 2.24) is 4.98 Å². The van der Waals surface area contributed by atoms with E-state index in [9.17, 15) is 5.11 Å². The Kier molecular flexibility index (Phi) is 1.15. The van der Waals surface area contributed by atoms with Crippen LogP contribution < -0.4 is 0 Å². The van der Waals surface area contributed by atoms with Crippen LogP contribution in [0.25, 0.3) is 11.1 Å². The standard InChI is InChI=1S/C10H9NO2/c12-10(3-4-10)8-6-13-9-7(8)2-1-5-11-9/h1-2,5-6,12H,3-4H2. The van der Waals surface area contributed by atoms with E-state index in [1.54, 1.807) is 12.5 Å². The first kappa shape index (κ1) is 7.09. The van der Waals surface area contributed by atoms with E-state index in [1.165, 1.54) is 0 Å². The van der Waals surface area contributed by atoms with Gasteiger partial charge in [0.2, 0.25) is 5.71 Å². The average Bonchev–Trinajstić information content (AvgIpc) is 2.76. The van der Waals surface area contributed by atoms with Crippen LogP contribution in [-0.4, -0.2) is 10.1 Å². The molecule has 0 radical (unpaired) electrons. The Morgan fingerprint density at radius 3 is 3.08 bits per heavy atom. The van der Waals surface area contributed by atoms with Gasteiger partial charge in [-0.3, -0.25) is 0 Å². The molecule has 1 aliphatic rings. The molecule has 3 nitrogen and oxygen atoms in total. The lowest BCUT2D eigenvalue weighted by molar-refractivity contribution is 0.152. The van der Waals surface area contributed by atoms with Gasteiger partial charge in [0.05, 0.1) is 11.9 Å². The molecule has 3 heteroatoms. The molecule has 1 saturated carbocycles. The van der Waals surface area contributed by atoms with Crippen LogP contribution in [0.4, 0.5) is 0 Å². The van der Waals surface area contributed by atoms with E-state index in [2.05, 4.69) is 4.98 Å². The van der Waals surface area contributed by atoms with Gasteiger partial charge < -0.3 is 9.52 Å². The summed E-state index contributed by atoms with van der Waals surface area (Å²) in [5.41, 5.74) is 0.863. The molecular formula is C10H9NO2. The zero-order chi connectivity index (χ0) is 8.89. The number of fused-ring (bicyclic) bond motifs is 1. The molecule has 1 aliphatic carbocycles. The van der Waals surface area contributed by atoms with Crippen LogP contribution >= 0.6 is 0 Å². The van der Waals surface area contributed by atoms with Crippen molar-refractivity contribution in [3.05, 3.63) is 30.2 Å². The molecule has 2 aromatic rings. The number of pyridine rings is 1. The second-order valence-corrected chi connectivity index (χ2v) is 3.54. The van der Waals surface area contributed by atoms with Crippen molar-refractivity contribution in [2.24, 2.45) is 0 Å². The van der Waals surface area contributed by atoms with Gasteiger partial charge in [0, 0.05) is 17.1 Å². The first-order valence-corrected chi connectivity index (χ1v) is 4.35. The Bertz CT molecular complexity index is 457. The van der Waals surface area contributed by atoms with Gasteiger partial charge in [0.1, 0.15) is 0 Å². The third kappa shape index (κ3) is 0.906. The van der Waals surface area contributed by atoms with Gasteiger partial charge in [-0.15, -0.1) is 0 Å². The van der Waals surface area contributed by atoms with Crippen molar-refractivity contribution < 1.29 is 9.52 Å². The minimum Gasteiger partial charge on any atom is -0.446 e. The Labute approximate surface area is 75.0 Å². The van der Waals surface area contributed by atoms with Crippen molar-refractivity contribution in [3.63, 3.8) is 0 Å². The van der Waals surface area contributed by atoms with E-state index < -0.39 is 5.60 Å². The number of hydrogen-bond acceptors (Lipinski definition) is 3. The second kappa shape index (κ2) is 2.12. The van der Waals surface area contributed by atoms with E-state index in [4.69, 9.17) is 4.42 Å². The fourth-order valence-corrected chi connectivity index (χ4v) is 1.62. The summed E-state index contributed by atoms with van der Waals surface area (Å²) in [6, 6.07) is 3.78. The van der Waals surface area contributed by atoms with Gasteiger partial charge in [-0.05, 0) is 25.0 Å². The molecule has 2 heterocycles. The van der Waals surface area contributed by atoms with Gasteiger partial charge in [0.25, 0.3) is 0 Å². The summed E-state index contributed by atoms with van der Waals surface area (Å²) in [4.78, 5) is 4.07. The number of aliphatic hydroxyl groups is 1. The molecular weight excluding hydrogens is 166 g/mol. The van der Waals surface area contributed by atoms with Crippen molar-refractivity contribution in [2.75, 3.05) is 0 Å². The molecule has 0 amide bonds. The van der Waals surface area contributed by atoms with Crippen LogP contribution in [0.2, 0.25) is 0 Å². The molecule has 3 rings (SSSR count). The number of hydrogen-bond donors (Lipinski definition) is 1. The number of nitrogens with zero attached hydrogens (tertiary/aromatic N) is 1. The van der Waals surface area contributed by atoms with Crippen LogP contribution in [0.5, 0.6) is 0 Å². The summed E-state index contributed by atoms with van der Waals surface area (Å²) in [6.07, 6.45) is 4.96.